The van der Waals surface area contributed by atoms with Crippen LogP contribution in [-0.4, -0.2) is 37.3 Å². The molecule has 1 heterocycles. The monoisotopic (exact) mass is 399 g/mol. The number of rotatable bonds is 4. The molecule has 0 bridgehead atoms. The van der Waals surface area contributed by atoms with Crippen LogP contribution in [-0.2, 0) is 10.0 Å². The summed E-state index contributed by atoms with van der Waals surface area (Å²) >= 11 is 6.01. The zero-order valence-corrected chi connectivity index (χ0v) is 15.0. The summed E-state index contributed by atoms with van der Waals surface area (Å²) in [4.78, 5) is 9.98. The lowest BCUT2D eigenvalue weighted by molar-refractivity contribution is -0.387. The van der Waals surface area contributed by atoms with E-state index in [1.165, 1.54) is 30.3 Å². The maximum absolute atomic E-state index is 13.6. The Morgan fingerprint density at radius 1 is 1.27 bits per heavy atom. The number of hydrogen-bond acceptors (Lipinski definition) is 5. The molecule has 1 saturated heterocycles. The van der Waals surface area contributed by atoms with Gasteiger partial charge < -0.3 is 5.32 Å². The van der Waals surface area contributed by atoms with E-state index in [2.05, 4.69) is 5.32 Å². The predicted octanol–water partition coefficient (Wildman–Crippen LogP) is 2.72. The summed E-state index contributed by atoms with van der Waals surface area (Å²) in [7, 11) is -4.28. The molecule has 0 radical (unpaired) electrons. The van der Waals surface area contributed by atoms with Crippen molar-refractivity contribution in [1.29, 1.82) is 0 Å². The highest BCUT2D eigenvalue weighted by Crippen LogP contribution is 2.37. The number of nitro groups is 1. The first-order chi connectivity index (χ1) is 12.3. The second-order valence-electron chi connectivity index (χ2n) is 5.74. The van der Waals surface area contributed by atoms with Crippen molar-refractivity contribution < 1.29 is 17.7 Å². The van der Waals surface area contributed by atoms with Gasteiger partial charge in [0.25, 0.3) is 15.7 Å². The fraction of sp³-hybridized carbons (Fsp3) is 0.250. The van der Waals surface area contributed by atoms with Gasteiger partial charge in [-0.25, -0.2) is 12.8 Å². The topological polar surface area (TPSA) is 92.5 Å². The second kappa shape index (κ2) is 7.28. The average Bonchev–Trinajstić information content (AvgIpc) is 2.61. The Morgan fingerprint density at radius 3 is 2.69 bits per heavy atom. The third-order valence-corrected chi connectivity index (χ3v) is 6.56. The average molecular weight is 400 g/mol. The van der Waals surface area contributed by atoms with E-state index in [1.807, 2.05) is 0 Å². The fourth-order valence-electron chi connectivity index (χ4n) is 2.99. The molecular formula is C16H15ClFN3O4S. The molecule has 0 spiro atoms. The molecule has 7 nitrogen and oxygen atoms in total. The van der Waals surface area contributed by atoms with E-state index in [4.69, 9.17) is 11.6 Å². The number of nitrogens with zero attached hydrogens (tertiary/aromatic N) is 2. The van der Waals surface area contributed by atoms with Gasteiger partial charge in [0.2, 0.25) is 0 Å². The van der Waals surface area contributed by atoms with Crippen molar-refractivity contribution in [1.82, 2.24) is 9.62 Å². The van der Waals surface area contributed by atoms with Gasteiger partial charge in [-0.1, -0.05) is 29.8 Å². The van der Waals surface area contributed by atoms with E-state index >= 15 is 0 Å². The van der Waals surface area contributed by atoms with Crippen LogP contribution in [0.3, 0.4) is 0 Å². The van der Waals surface area contributed by atoms with Crippen molar-refractivity contribution >= 4 is 27.3 Å². The van der Waals surface area contributed by atoms with Gasteiger partial charge >= 0.3 is 0 Å². The maximum Gasteiger partial charge on any atom is 0.290 e. The third-order valence-electron chi connectivity index (χ3n) is 4.14. The Kier molecular flexibility index (Phi) is 5.24. The molecule has 2 aromatic rings. The van der Waals surface area contributed by atoms with Gasteiger partial charge in [0.15, 0.2) is 4.90 Å². The summed E-state index contributed by atoms with van der Waals surface area (Å²) in [6.07, 6.45) is 0. The molecule has 0 aromatic heterocycles. The zero-order valence-electron chi connectivity index (χ0n) is 13.4. The van der Waals surface area contributed by atoms with Gasteiger partial charge in [0.1, 0.15) is 5.82 Å². The summed E-state index contributed by atoms with van der Waals surface area (Å²) in [6.45, 7) is 0.691. The molecular weight excluding hydrogens is 385 g/mol. The van der Waals surface area contributed by atoms with Crippen molar-refractivity contribution in [2.45, 2.75) is 10.9 Å². The molecule has 2 aromatic carbocycles. The summed E-state index contributed by atoms with van der Waals surface area (Å²) in [5.74, 6) is -0.492. The molecule has 138 valence electrons. The first-order valence-electron chi connectivity index (χ1n) is 7.73. The molecule has 0 aliphatic carbocycles. The summed E-state index contributed by atoms with van der Waals surface area (Å²) in [5.41, 5.74) is -0.135. The Hall–Kier alpha value is -2.07. The number of halogens is 2. The Bertz CT molecular complexity index is 954. The first kappa shape index (κ1) is 18.7. The Morgan fingerprint density at radius 2 is 2.00 bits per heavy atom. The number of nitro benzene ring substituents is 1. The molecule has 1 atom stereocenters. The van der Waals surface area contributed by atoms with Gasteiger partial charge in [0, 0.05) is 25.7 Å². The van der Waals surface area contributed by atoms with Gasteiger partial charge in [-0.15, -0.1) is 0 Å². The lowest BCUT2D eigenvalue weighted by Crippen LogP contribution is -2.48. The number of benzene rings is 2. The molecule has 0 amide bonds. The number of nitrogens with one attached hydrogen (secondary N) is 1. The Labute approximate surface area is 154 Å². The summed E-state index contributed by atoms with van der Waals surface area (Å²) in [5, 5.41) is 14.1. The van der Waals surface area contributed by atoms with E-state index in [0.717, 1.165) is 10.4 Å². The normalized spacial score (nSPS) is 18.6. The number of hydrogen-bond donors (Lipinski definition) is 1. The lowest BCUT2D eigenvalue weighted by atomic mass is 10.1. The maximum atomic E-state index is 13.6. The highest BCUT2D eigenvalue weighted by molar-refractivity contribution is 7.89. The van der Waals surface area contributed by atoms with Crippen molar-refractivity contribution in [2.75, 3.05) is 19.6 Å². The molecule has 10 heteroatoms. The molecule has 1 aliphatic rings. The molecule has 1 fully saturated rings. The minimum absolute atomic E-state index is 0.0753. The van der Waals surface area contributed by atoms with Gasteiger partial charge in [-0.05, 0) is 23.8 Å². The van der Waals surface area contributed by atoms with Crippen LogP contribution in [0.2, 0.25) is 5.02 Å². The van der Waals surface area contributed by atoms with Crippen LogP contribution in [0, 0.1) is 15.9 Å². The minimum atomic E-state index is -4.28. The van der Waals surface area contributed by atoms with Gasteiger partial charge in [-0.3, -0.25) is 10.1 Å². The van der Waals surface area contributed by atoms with Gasteiger partial charge in [0.05, 0.1) is 16.0 Å². The standard InChI is InChI=1S/C16H15ClFN3O4S/c17-13-5-2-6-14(21(22)23)16(13)26(24,25)20-8-7-19-10-15(20)11-3-1-4-12(18)9-11/h1-6,9,15,19H,7-8,10H2. The van der Waals surface area contributed by atoms with Crippen LogP contribution in [0.15, 0.2) is 47.4 Å². The molecule has 1 aliphatic heterocycles. The number of piperazine rings is 1. The molecule has 1 N–H and O–H groups in total. The second-order valence-corrected chi connectivity index (χ2v) is 7.97. The molecule has 26 heavy (non-hydrogen) atoms. The van der Waals surface area contributed by atoms with Gasteiger partial charge in [-0.2, -0.15) is 4.31 Å². The Balaban J connectivity index is 2.12. The minimum Gasteiger partial charge on any atom is -0.313 e. The van der Waals surface area contributed by atoms with Crippen LogP contribution >= 0.6 is 11.6 Å². The summed E-state index contributed by atoms with van der Waals surface area (Å²) in [6, 6.07) is 8.62. The van der Waals surface area contributed by atoms with Crippen molar-refractivity contribution in [2.24, 2.45) is 0 Å². The smallest absolute Gasteiger partial charge is 0.290 e. The van der Waals surface area contributed by atoms with E-state index in [9.17, 15) is 22.9 Å². The number of sulfonamides is 1. The molecule has 1 unspecified atom stereocenters. The highest BCUT2D eigenvalue weighted by Gasteiger charge is 2.39. The van der Waals surface area contributed by atoms with E-state index in [1.54, 1.807) is 6.07 Å². The van der Waals surface area contributed by atoms with Crippen LogP contribution < -0.4 is 5.32 Å². The van der Waals surface area contributed by atoms with Crippen molar-refractivity contribution in [3.8, 4) is 0 Å². The largest absolute Gasteiger partial charge is 0.313 e. The quantitative estimate of drug-likeness (QED) is 0.630. The first-order valence-corrected chi connectivity index (χ1v) is 9.55. The highest BCUT2D eigenvalue weighted by atomic mass is 35.5. The zero-order chi connectivity index (χ0) is 18.9. The molecule has 0 saturated carbocycles. The van der Waals surface area contributed by atoms with Crippen LogP contribution in [0.5, 0.6) is 0 Å². The van der Waals surface area contributed by atoms with E-state index < -0.39 is 37.4 Å². The van der Waals surface area contributed by atoms with Crippen molar-refractivity contribution in [3.05, 3.63) is 69.0 Å². The SMILES string of the molecule is O=[N+]([O-])c1cccc(Cl)c1S(=O)(=O)N1CCNCC1c1cccc(F)c1. The van der Waals surface area contributed by atoms with Crippen LogP contribution in [0.25, 0.3) is 0 Å². The third kappa shape index (κ3) is 3.43. The van der Waals surface area contributed by atoms with Crippen LogP contribution in [0.4, 0.5) is 10.1 Å². The summed E-state index contributed by atoms with van der Waals surface area (Å²) < 4.78 is 41.2. The van der Waals surface area contributed by atoms with Crippen molar-refractivity contribution in [3.63, 3.8) is 0 Å². The van der Waals surface area contributed by atoms with E-state index in [-0.39, 0.29) is 18.1 Å². The fourth-order valence-corrected chi connectivity index (χ4v) is 5.27. The van der Waals surface area contributed by atoms with Crippen LogP contribution in [0.1, 0.15) is 11.6 Å². The molecule has 3 rings (SSSR count). The lowest BCUT2D eigenvalue weighted by Gasteiger charge is -2.35. The predicted molar refractivity (Wildman–Crippen MR) is 94.0 cm³/mol. The van der Waals surface area contributed by atoms with E-state index in [0.29, 0.717) is 12.1 Å².